The average Bonchev–Trinajstić information content (AvgIpc) is 3.28. The van der Waals surface area contributed by atoms with E-state index in [2.05, 4.69) is 27.2 Å². The normalized spacial score (nSPS) is 14.7. The molecule has 1 aliphatic heterocycles. The minimum atomic E-state index is 0.0485. The van der Waals surface area contributed by atoms with Crippen LogP contribution >= 0.6 is 0 Å². The molecule has 1 amide bonds. The molecule has 1 aliphatic rings. The number of carbonyl (C=O) groups is 1. The highest BCUT2D eigenvalue weighted by atomic mass is 16.5. The number of hydrogen-bond acceptors (Lipinski definition) is 4. The minimum Gasteiger partial charge on any atom is -0.497 e. The van der Waals surface area contributed by atoms with Crippen molar-refractivity contribution >= 4 is 5.91 Å². The van der Waals surface area contributed by atoms with E-state index in [-0.39, 0.29) is 5.91 Å². The Labute approximate surface area is 171 Å². The van der Waals surface area contributed by atoms with Gasteiger partial charge in [0.1, 0.15) is 5.75 Å². The largest absolute Gasteiger partial charge is 0.497 e. The van der Waals surface area contributed by atoms with E-state index in [1.54, 1.807) is 13.3 Å². The molecular formula is C23H26N4O2. The summed E-state index contributed by atoms with van der Waals surface area (Å²) in [6.45, 7) is 4.25. The number of amides is 1. The van der Waals surface area contributed by atoms with E-state index >= 15 is 0 Å². The molecule has 4 rings (SSSR count). The molecule has 0 atom stereocenters. The van der Waals surface area contributed by atoms with E-state index < -0.39 is 0 Å². The molecule has 2 aromatic carbocycles. The van der Waals surface area contributed by atoms with Gasteiger partial charge in [-0.25, -0.2) is 0 Å². The number of hydrogen-bond donors (Lipinski definition) is 1. The SMILES string of the molecule is COc1ccc(CCN2CCN(C(=O)c3cn[nH]c3-c3ccccc3)CC2)cc1. The molecule has 6 nitrogen and oxygen atoms in total. The Kier molecular flexibility index (Phi) is 5.91. The van der Waals surface area contributed by atoms with Crippen LogP contribution < -0.4 is 4.74 Å². The van der Waals surface area contributed by atoms with Crippen LogP contribution in [0.2, 0.25) is 0 Å². The smallest absolute Gasteiger partial charge is 0.257 e. The summed E-state index contributed by atoms with van der Waals surface area (Å²) >= 11 is 0. The highest BCUT2D eigenvalue weighted by molar-refractivity contribution is 5.99. The molecule has 0 aliphatic carbocycles. The van der Waals surface area contributed by atoms with Gasteiger partial charge in [0.2, 0.25) is 0 Å². The fraction of sp³-hybridized carbons (Fsp3) is 0.304. The van der Waals surface area contributed by atoms with Crippen LogP contribution in [0, 0.1) is 0 Å². The highest BCUT2D eigenvalue weighted by Gasteiger charge is 2.25. The number of rotatable bonds is 6. The van der Waals surface area contributed by atoms with E-state index in [1.165, 1.54) is 5.56 Å². The van der Waals surface area contributed by atoms with Crippen LogP contribution in [0.4, 0.5) is 0 Å². The number of ether oxygens (including phenoxy) is 1. The molecule has 0 spiro atoms. The molecule has 0 radical (unpaired) electrons. The summed E-state index contributed by atoms with van der Waals surface area (Å²) in [4.78, 5) is 17.4. The Balaban J connectivity index is 1.32. The zero-order chi connectivity index (χ0) is 20.1. The van der Waals surface area contributed by atoms with Gasteiger partial charge < -0.3 is 9.64 Å². The molecule has 0 bridgehead atoms. The summed E-state index contributed by atoms with van der Waals surface area (Å²) in [5, 5.41) is 7.09. The zero-order valence-electron chi connectivity index (χ0n) is 16.7. The van der Waals surface area contributed by atoms with Gasteiger partial charge in [-0.15, -0.1) is 0 Å². The standard InChI is InChI=1S/C23H26N4O2/c1-29-20-9-7-18(8-10-20)11-12-26-13-15-27(16-14-26)23(28)21-17-24-25-22(21)19-5-3-2-4-6-19/h2-10,17H,11-16H2,1H3,(H,24,25). The van der Waals surface area contributed by atoms with Crippen LogP contribution in [0.1, 0.15) is 15.9 Å². The first-order valence-corrected chi connectivity index (χ1v) is 9.98. The second-order valence-corrected chi connectivity index (χ2v) is 7.26. The van der Waals surface area contributed by atoms with Crippen molar-refractivity contribution < 1.29 is 9.53 Å². The van der Waals surface area contributed by atoms with E-state index in [9.17, 15) is 4.79 Å². The topological polar surface area (TPSA) is 61.5 Å². The lowest BCUT2D eigenvalue weighted by atomic mass is 10.1. The van der Waals surface area contributed by atoms with Crippen LogP contribution in [0.25, 0.3) is 11.3 Å². The number of nitrogens with one attached hydrogen (secondary N) is 1. The minimum absolute atomic E-state index is 0.0485. The number of H-pyrrole nitrogens is 1. The van der Waals surface area contributed by atoms with Gasteiger partial charge in [0.05, 0.1) is 24.6 Å². The van der Waals surface area contributed by atoms with Crippen molar-refractivity contribution in [3.8, 4) is 17.0 Å². The lowest BCUT2D eigenvalue weighted by Crippen LogP contribution is -2.49. The highest BCUT2D eigenvalue weighted by Crippen LogP contribution is 2.22. The van der Waals surface area contributed by atoms with E-state index in [0.29, 0.717) is 5.56 Å². The number of nitrogens with zero attached hydrogens (tertiary/aromatic N) is 3. The van der Waals surface area contributed by atoms with Gasteiger partial charge >= 0.3 is 0 Å². The summed E-state index contributed by atoms with van der Waals surface area (Å²) in [5.41, 5.74) is 3.71. The fourth-order valence-corrected chi connectivity index (χ4v) is 3.70. The predicted molar refractivity (Wildman–Crippen MR) is 113 cm³/mol. The first-order chi connectivity index (χ1) is 14.2. The summed E-state index contributed by atoms with van der Waals surface area (Å²) in [5.74, 6) is 0.933. The van der Waals surface area contributed by atoms with Crippen molar-refractivity contribution in [2.45, 2.75) is 6.42 Å². The number of aromatic amines is 1. The third-order valence-electron chi connectivity index (χ3n) is 5.47. The summed E-state index contributed by atoms with van der Waals surface area (Å²) in [7, 11) is 1.68. The van der Waals surface area contributed by atoms with Crippen molar-refractivity contribution in [2.75, 3.05) is 39.8 Å². The Morgan fingerprint density at radius 3 is 2.45 bits per heavy atom. The fourth-order valence-electron chi connectivity index (χ4n) is 3.70. The average molecular weight is 390 g/mol. The Morgan fingerprint density at radius 1 is 1.03 bits per heavy atom. The number of carbonyl (C=O) groups excluding carboxylic acids is 1. The molecule has 3 aromatic rings. The predicted octanol–water partition coefficient (Wildman–Crippen LogP) is 3.09. The van der Waals surface area contributed by atoms with Gasteiger partial charge in [-0.05, 0) is 24.1 Å². The summed E-state index contributed by atoms with van der Waals surface area (Å²) in [6.07, 6.45) is 2.64. The molecule has 2 heterocycles. The van der Waals surface area contributed by atoms with Crippen molar-refractivity contribution in [2.24, 2.45) is 0 Å². The number of methoxy groups -OCH3 is 1. The lowest BCUT2D eigenvalue weighted by Gasteiger charge is -2.34. The second kappa shape index (κ2) is 8.92. The maximum Gasteiger partial charge on any atom is 0.257 e. The summed E-state index contributed by atoms with van der Waals surface area (Å²) < 4.78 is 5.21. The zero-order valence-corrected chi connectivity index (χ0v) is 16.7. The molecule has 6 heteroatoms. The molecule has 1 saturated heterocycles. The van der Waals surface area contributed by atoms with Gasteiger partial charge in [-0.2, -0.15) is 5.10 Å². The van der Waals surface area contributed by atoms with Crippen molar-refractivity contribution in [3.63, 3.8) is 0 Å². The van der Waals surface area contributed by atoms with Crippen molar-refractivity contribution in [3.05, 3.63) is 71.9 Å². The number of aromatic nitrogens is 2. The Morgan fingerprint density at radius 2 is 1.76 bits per heavy atom. The first kappa shape index (κ1) is 19.2. The van der Waals surface area contributed by atoms with E-state index in [4.69, 9.17) is 4.74 Å². The van der Waals surface area contributed by atoms with Crippen LogP contribution in [-0.4, -0.2) is 65.7 Å². The van der Waals surface area contributed by atoms with Crippen molar-refractivity contribution in [1.82, 2.24) is 20.0 Å². The van der Waals surface area contributed by atoms with Gasteiger partial charge in [-0.1, -0.05) is 42.5 Å². The first-order valence-electron chi connectivity index (χ1n) is 9.98. The molecule has 0 saturated carbocycles. The van der Waals surface area contributed by atoms with Crippen LogP contribution in [0.3, 0.4) is 0 Å². The molecule has 0 unspecified atom stereocenters. The van der Waals surface area contributed by atoms with Crippen LogP contribution in [0.15, 0.2) is 60.8 Å². The Hall–Kier alpha value is -3.12. The molecule has 1 aromatic heterocycles. The van der Waals surface area contributed by atoms with E-state index in [1.807, 2.05) is 47.4 Å². The van der Waals surface area contributed by atoms with Gasteiger partial charge in [-0.3, -0.25) is 14.8 Å². The third kappa shape index (κ3) is 4.49. The quantitative estimate of drug-likeness (QED) is 0.703. The molecule has 1 fully saturated rings. The maximum absolute atomic E-state index is 13.0. The molecular weight excluding hydrogens is 364 g/mol. The van der Waals surface area contributed by atoms with E-state index in [0.717, 1.165) is 56.2 Å². The summed E-state index contributed by atoms with van der Waals surface area (Å²) in [6, 6.07) is 18.1. The van der Waals surface area contributed by atoms with Crippen LogP contribution in [0.5, 0.6) is 5.75 Å². The number of benzene rings is 2. The van der Waals surface area contributed by atoms with Gasteiger partial charge in [0, 0.05) is 38.3 Å². The molecule has 1 N–H and O–H groups in total. The number of piperazine rings is 1. The third-order valence-corrected chi connectivity index (χ3v) is 5.47. The van der Waals surface area contributed by atoms with Crippen LogP contribution in [-0.2, 0) is 6.42 Å². The lowest BCUT2D eigenvalue weighted by molar-refractivity contribution is 0.0639. The van der Waals surface area contributed by atoms with Crippen molar-refractivity contribution in [1.29, 1.82) is 0 Å². The van der Waals surface area contributed by atoms with Gasteiger partial charge in [0.25, 0.3) is 5.91 Å². The monoisotopic (exact) mass is 390 g/mol. The Bertz CT molecular complexity index is 929. The molecule has 29 heavy (non-hydrogen) atoms. The van der Waals surface area contributed by atoms with Gasteiger partial charge in [0.15, 0.2) is 0 Å². The molecule has 150 valence electrons. The second-order valence-electron chi connectivity index (χ2n) is 7.26. The maximum atomic E-state index is 13.0.